The Hall–Kier alpha value is -0.590. The van der Waals surface area contributed by atoms with Gasteiger partial charge in [0, 0.05) is 0 Å². The molecule has 0 spiro atoms. The molecular formula is C12H21NO8S2-2. The molecule has 0 aromatic heterocycles. The molecule has 4 atom stereocenters. The summed E-state index contributed by atoms with van der Waals surface area (Å²) < 4.78 is 56.8. The second-order valence-corrected chi connectivity index (χ2v) is 7.39. The van der Waals surface area contributed by atoms with Crippen LogP contribution in [0.1, 0.15) is 40.0 Å². The van der Waals surface area contributed by atoms with Gasteiger partial charge in [0.1, 0.15) is 5.60 Å². The van der Waals surface area contributed by atoms with Crippen LogP contribution in [-0.2, 0) is 35.8 Å². The first kappa shape index (κ1) is 20.5. The topological polar surface area (TPSA) is 128 Å². The molecule has 0 saturated carbocycles. The van der Waals surface area contributed by atoms with Crippen molar-refractivity contribution in [3.63, 3.8) is 0 Å². The van der Waals surface area contributed by atoms with Gasteiger partial charge in [0.2, 0.25) is 0 Å². The highest BCUT2D eigenvalue weighted by Gasteiger charge is 2.37. The van der Waals surface area contributed by atoms with E-state index in [1.165, 1.54) is 4.90 Å². The largest absolute Gasteiger partial charge is 0.750 e. The summed E-state index contributed by atoms with van der Waals surface area (Å²) in [5.74, 6) is 0. The lowest BCUT2D eigenvalue weighted by Crippen LogP contribution is -2.54. The molecule has 4 unspecified atom stereocenters. The summed E-state index contributed by atoms with van der Waals surface area (Å²) in [4.78, 5) is 13.7. The summed E-state index contributed by atoms with van der Waals surface area (Å²) in [6.45, 7) is 4.67. The van der Waals surface area contributed by atoms with E-state index in [0.29, 0.717) is 19.3 Å². The van der Waals surface area contributed by atoms with Crippen LogP contribution in [0, 0.1) is 0 Å². The minimum atomic E-state index is -2.70. The van der Waals surface area contributed by atoms with Crippen LogP contribution in [0.2, 0.25) is 0 Å². The number of ether oxygens (including phenoxy) is 1. The Balaban J connectivity index is 2.87. The lowest BCUT2D eigenvalue weighted by atomic mass is 9.97. The lowest BCUT2D eigenvalue weighted by molar-refractivity contribution is -0.0201. The number of carbonyl (C=O) groups excluding carboxylic acids is 1. The molecule has 23 heavy (non-hydrogen) atoms. The van der Waals surface area contributed by atoms with Gasteiger partial charge < -0.3 is 13.8 Å². The molecule has 0 radical (unpaired) electrons. The second kappa shape index (κ2) is 9.04. The predicted octanol–water partition coefficient (Wildman–Crippen LogP) is 0.766. The maximum Gasteiger partial charge on any atom is 0.410 e. The Kier molecular flexibility index (Phi) is 8.04. The van der Waals surface area contributed by atoms with Crippen molar-refractivity contribution in [3.8, 4) is 0 Å². The number of piperidine rings is 1. The molecule has 0 aromatic rings. The van der Waals surface area contributed by atoms with Crippen LogP contribution < -0.4 is 0 Å². The maximum atomic E-state index is 12.4. The molecule has 0 aliphatic carbocycles. The minimum absolute atomic E-state index is 0.216. The van der Waals surface area contributed by atoms with Crippen LogP contribution in [0.5, 0.6) is 0 Å². The van der Waals surface area contributed by atoms with Gasteiger partial charge >= 0.3 is 6.09 Å². The van der Waals surface area contributed by atoms with E-state index in [1.807, 2.05) is 0 Å². The normalized spacial score (nSPS) is 25.0. The van der Waals surface area contributed by atoms with E-state index in [1.54, 1.807) is 20.8 Å². The smallest absolute Gasteiger partial charge is 0.410 e. The molecule has 0 N–H and O–H groups in total. The number of amides is 1. The summed E-state index contributed by atoms with van der Waals surface area (Å²) in [6, 6.07) is -1.07. The zero-order valence-corrected chi connectivity index (χ0v) is 14.9. The molecule has 1 aliphatic heterocycles. The predicted molar refractivity (Wildman–Crippen MR) is 79.2 cm³/mol. The van der Waals surface area contributed by atoms with Crippen LogP contribution in [0.3, 0.4) is 0 Å². The van der Waals surface area contributed by atoms with E-state index in [4.69, 9.17) is 4.74 Å². The van der Waals surface area contributed by atoms with Crippen molar-refractivity contribution in [2.75, 3.05) is 13.2 Å². The number of carbonyl (C=O) groups is 1. The van der Waals surface area contributed by atoms with E-state index in [2.05, 4.69) is 8.37 Å². The minimum Gasteiger partial charge on any atom is -0.750 e. The van der Waals surface area contributed by atoms with Crippen molar-refractivity contribution in [1.29, 1.82) is 0 Å². The molecule has 11 heteroatoms. The first-order valence-corrected chi connectivity index (χ1v) is 9.06. The quantitative estimate of drug-likeness (QED) is 0.626. The number of hydrogen-bond donors (Lipinski definition) is 0. The molecule has 0 aromatic carbocycles. The zero-order valence-electron chi connectivity index (χ0n) is 13.2. The molecule has 1 rings (SSSR count). The van der Waals surface area contributed by atoms with Crippen molar-refractivity contribution in [3.05, 3.63) is 0 Å². The third-order valence-corrected chi connectivity index (χ3v) is 3.84. The van der Waals surface area contributed by atoms with Gasteiger partial charge in [-0.05, 0) is 40.0 Å². The van der Waals surface area contributed by atoms with Crippen LogP contribution in [0.4, 0.5) is 4.79 Å². The molecule has 1 fully saturated rings. The van der Waals surface area contributed by atoms with Gasteiger partial charge in [-0.3, -0.25) is 13.3 Å². The average molecular weight is 371 g/mol. The third kappa shape index (κ3) is 7.68. The molecule has 1 amide bonds. The Morgan fingerprint density at radius 2 is 1.52 bits per heavy atom. The van der Waals surface area contributed by atoms with E-state index in [0.717, 1.165) is 0 Å². The summed E-state index contributed by atoms with van der Waals surface area (Å²) in [7, 11) is 0. The fourth-order valence-electron chi connectivity index (χ4n) is 2.37. The number of likely N-dealkylation sites (tertiary alicyclic amines) is 1. The molecular weight excluding hydrogens is 350 g/mol. The van der Waals surface area contributed by atoms with Crippen molar-refractivity contribution >= 4 is 28.8 Å². The molecule has 1 heterocycles. The molecule has 1 aliphatic rings. The van der Waals surface area contributed by atoms with Gasteiger partial charge in [-0.15, -0.1) is 0 Å². The summed E-state index contributed by atoms with van der Waals surface area (Å²) >= 11 is -5.39. The van der Waals surface area contributed by atoms with Gasteiger partial charge in [0.05, 0.1) is 48.0 Å². The Bertz CT molecular complexity index is 427. The van der Waals surface area contributed by atoms with E-state index in [9.17, 15) is 22.3 Å². The Labute approximate surface area is 140 Å². The average Bonchev–Trinajstić information content (AvgIpc) is 2.40. The van der Waals surface area contributed by atoms with Crippen molar-refractivity contribution in [1.82, 2.24) is 4.90 Å². The monoisotopic (exact) mass is 371 g/mol. The Morgan fingerprint density at radius 1 is 1.09 bits per heavy atom. The fraction of sp³-hybridized carbons (Fsp3) is 0.917. The van der Waals surface area contributed by atoms with E-state index < -0.39 is 46.5 Å². The van der Waals surface area contributed by atoms with Crippen molar-refractivity contribution < 1.29 is 35.4 Å². The fourth-order valence-corrected chi connectivity index (χ4v) is 2.91. The molecule has 136 valence electrons. The van der Waals surface area contributed by atoms with Crippen LogP contribution in [0.25, 0.3) is 0 Å². The highest BCUT2D eigenvalue weighted by molar-refractivity contribution is 7.74. The van der Waals surface area contributed by atoms with Crippen molar-refractivity contribution in [2.24, 2.45) is 0 Å². The third-order valence-electron chi connectivity index (χ3n) is 3.18. The van der Waals surface area contributed by atoms with E-state index >= 15 is 0 Å². The van der Waals surface area contributed by atoms with Crippen molar-refractivity contribution in [2.45, 2.75) is 57.7 Å². The van der Waals surface area contributed by atoms with Gasteiger partial charge in [0.25, 0.3) is 0 Å². The zero-order chi connectivity index (χ0) is 17.6. The maximum absolute atomic E-state index is 12.4. The van der Waals surface area contributed by atoms with Gasteiger partial charge in [-0.25, -0.2) is 13.2 Å². The lowest BCUT2D eigenvalue weighted by Gasteiger charge is -2.42. The highest BCUT2D eigenvalue weighted by Crippen LogP contribution is 2.26. The molecule has 1 saturated heterocycles. The van der Waals surface area contributed by atoms with Crippen LogP contribution in [0.15, 0.2) is 0 Å². The highest BCUT2D eigenvalue weighted by atomic mass is 32.2. The molecule has 9 nitrogen and oxygen atoms in total. The SMILES string of the molecule is CC(C)(C)OC(=O)N1C(COS(=O)[O-])CCCC1COS(=O)[O-]. The van der Waals surface area contributed by atoms with E-state index in [-0.39, 0.29) is 13.2 Å². The van der Waals surface area contributed by atoms with Crippen LogP contribution >= 0.6 is 0 Å². The second-order valence-electron chi connectivity index (χ2n) is 6.10. The summed E-state index contributed by atoms with van der Waals surface area (Å²) in [6.07, 6.45) is 1.06. The number of rotatable bonds is 6. The Morgan fingerprint density at radius 3 is 1.87 bits per heavy atom. The number of nitrogens with zero attached hydrogens (tertiary/aromatic N) is 1. The first-order valence-electron chi connectivity index (χ1n) is 7.06. The van der Waals surface area contributed by atoms with Gasteiger partial charge in [0.15, 0.2) is 0 Å². The number of hydrogen-bond acceptors (Lipinski definition) is 8. The standard InChI is InChI=1S/C12H23NO8S2/c1-12(2,3)21-11(14)13-9(7-19-22(15)16)5-4-6-10(13)8-20-23(17)18/h9-10H,4-8H2,1-3H3,(H,15,16)(H,17,18)/p-2. The summed E-state index contributed by atoms with van der Waals surface area (Å²) in [5.41, 5.74) is -0.742. The van der Waals surface area contributed by atoms with Gasteiger partial charge in [-0.2, -0.15) is 0 Å². The summed E-state index contributed by atoms with van der Waals surface area (Å²) in [5, 5.41) is 0. The first-order chi connectivity index (χ1) is 10.6. The van der Waals surface area contributed by atoms with Crippen LogP contribution in [-0.4, -0.2) is 59.4 Å². The molecule has 0 bridgehead atoms. The van der Waals surface area contributed by atoms with Gasteiger partial charge in [-0.1, -0.05) is 0 Å².